The summed E-state index contributed by atoms with van der Waals surface area (Å²) in [7, 11) is 0. The lowest BCUT2D eigenvalue weighted by Gasteiger charge is -2.26. The molecule has 0 amide bonds. The minimum Gasteiger partial charge on any atom is -0.297 e. The van der Waals surface area contributed by atoms with Crippen LogP contribution < -0.4 is 0 Å². The molecule has 0 saturated heterocycles. The van der Waals surface area contributed by atoms with E-state index < -0.39 is 11.6 Å². The largest absolute Gasteiger partial charge is 0.339 e. The van der Waals surface area contributed by atoms with Crippen molar-refractivity contribution in [2.24, 2.45) is 0 Å². The summed E-state index contributed by atoms with van der Waals surface area (Å²) in [5.41, 5.74) is 0.564. The van der Waals surface area contributed by atoms with Crippen LogP contribution in [-0.2, 0) is 20.2 Å². The van der Waals surface area contributed by atoms with E-state index in [1.54, 1.807) is 12.1 Å². The third kappa shape index (κ3) is 4.43. The van der Waals surface area contributed by atoms with Gasteiger partial charge in [-0.05, 0) is 24.3 Å². The van der Waals surface area contributed by atoms with E-state index in [1.807, 2.05) is 36.4 Å². The Hall–Kier alpha value is -2.64. The van der Waals surface area contributed by atoms with E-state index in [2.05, 4.69) is 25.1 Å². The number of carbonyl (C=O) groups is 1. The summed E-state index contributed by atoms with van der Waals surface area (Å²) in [5, 5.41) is 9.76. The zero-order valence-electron chi connectivity index (χ0n) is 13.9. The summed E-state index contributed by atoms with van der Waals surface area (Å²) in [4.78, 5) is 21.2. The van der Waals surface area contributed by atoms with Crippen LogP contribution in [0, 0.1) is 11.3 Å². The van der Waals surface area contributed by atoms with Crippen LogP contribution >= 0.6 is 0 Å². The van der Waals surface area contributed by atoms with Crippen molar-refractivity contribution in [2.45, 2.75) is 38.2 Å². The molecular formula is C20H21NO3. The fourth-order valence-electron chi connectivity index (χ4n) is 2.58. The molecule has 0 fully saturated rings. The molecule has 0 aliphatic heterocycles. The Morgan fingerprint density at radius 2 is 1.71 bits per heavy atom. The molecular weight excluding hydrogens is 302 g/mol. The number of rotatable bonds is 7. The molecule has 0 N–H and O–H groups in total. The van der Waals surface area contributed by atoms with E-state index in [1.165, 1.54) is 12.5 Å². The minimum absolute atomic E-state index is 0.253. The number of benzene rings is 2. The average molecular weight is 323 g/mol. The van der Waals surface area contributed by atoms with Gasteiger partial charge in [0.15, 0.2) is 0 Å². The number of carbonyl (C=O) groups excluding carboxylic acids is 1. The Bertz CT molecular complexity index is 694. The second-order valence-corrected chi connectivity index (χ2v) is 5.81. The van der Waals surface area contributed by atoms with Crippen LogP contribution in [-0.4, -0.2) is 5.97 Å². The maximum absolute atomic E-state index is 11.1. The molecule has 2 atom stereocenters. The Morgan fingerprint density at radius 1 is 1.12 bits per heavy atom. The van der Waals surface area contributed by atoms with Crippen molar-refractivity contribution in [3.05, 3.63) is 71.8 Å². The van der Waals surface area contributed by atoms with Crippen molar-refractivity contribution in [3.8, 4) is 6.07 Å². The summed E-state index contributed by atoms with van der Waals surface area (Å²) in [6, 6.07) is 21.4. The highest BCUT2D eigenvalue weighted by Gasteiger charge is 2.36. The van der Waals surface area contributed by atoms with Crippen LogP contribution in [0.25, 0.3) is 0 Å². The van der Waals surface area contributed by atoms with Crippen LogP contribution in [0.1, 0.15) is 43.7 Å². The molecule has 0 radical (unpaired) electrons. The van der Waals surface area contributed by atoms with Crippen molar-refractivity contribution < 1.29 is 14.6 Å². The zero-order chi connectivity index (χ0) is 17.4. The minimum atomic E-state index is -1.31. The third-order valence-electron chi connectivity index (χ3n) is 4.02. The molecule has 0 aliphatic carbocycles. The number of hydrogen-bond donors (Lipinski definition) is 0. The molecule has 0 spiro atoms. The lowest BCUT2D eigenvalue weighted by atomic mass is 9.85. The Kier molecular flexibility index (Phi) is 6.11. The Morgan fingerprint density at radius 3 is 2.25 bits per heavy atom. The molecule has 2 aromatic carbocycles. The lowest BCUT2D eigenvalue weighted by molar-refractivity contribution is -0.323. The van der Waals surface area contributed by atoms with Crippen molar-refractivity contribution in [2.75, 3.05) is 0 Å². The first-order chi connectivity index (χ1) is 11.6. The van der Waals surface area contributed by atoms with Gasteiger partial charge in [-0.3, -0.25) is 4.89 Å². The molecule has 0 bridgehead atoms. The van der Waals surface area contributed by atoms with Gasteiger partial charge in [0.05, 0.1) is 0 Å². The second-order valence-electron chi connectivity index (χ2n) is 5.81. The predicted octanol–water partition coefficient (Wildman–Crippen LogP) is 4.48. The van der Waals surface area contributed by atoms with Gasteiger partial charge in [0.25, 0.3) is 0 Å². The highest BCUT2D eigenvalue weighted by atomic mass is 17.2. The van der Waals surface area contributed by atoms with Gasteiger partial charge in [0.2, 0.25) is 5.60 Å². The fourth-order valence-corrected chi connectivity index (χ4v) is 2.58. The van der Waals surface area contributed by atoms with Gasteiger partial charge in [-0.1, -0.05) is 67.6 Å². The summed E-state index contributed by atoms with van der Waals surface area (Å²) >= 11 is 0. The zero-order valence-corrected chi connectivity index (χ0v) is 13.9. The quantitative estimate of drug-likeness (QED) is 0.556. The van der Waals surface area contributed by atoms with Crippen molar-refractivity contribution >= 4 is 5.97 Å². The smallest absolute Gasteiger partial charge is 0.297 e. The lowest BCUT2D eigenvalue weighted by Crippen LogP contribution is -2.29. The molecule has 2 aromatic rings. The molecule has 124 valence electrons. The molecule has 0 aliphatic rings. The van der Waals surface area contributed by atoms with Gasteiger partial charge in [0, 0.05) is 12.5 Å². The van der Waals surface area contributed by atoms with Crippen LogP contribution in [0.5, 0.6) is 0 Å². The van der Waals surface area contributed by atoms with Crippen LogP contribution in [0.15, 0.2) is 60.7 Å². The maximum atomic E-state index is 11.1. The maximum Gasteiger partial charge on any atom is 0.339 e. The van der Waals surface area contributed by atoms with E-state index in [9.17, 15) is 10.1 Å². The first-order valence-electron chi connectivity index (χ1n) is 7.95. The van der Waals surface area contributed by atoms with Gasteiger partial charge >= 0.3 is 5.97 Å². The first kappa shape index (κ1) is 17.7. The molecule has 4 heteroatoms. The standard InChI is InChI=1S/C20H21NO3/c1-16(18-9-5-3-6-10-18)13-14-20(15-21,24-23-17(2)22)19-11-7-4-8-12-19/h3-12,16H,13-14H2,1-2H3. The third-order valence-corrected chi connectivity index (χ3v) is 4.02. The van der Waals surface area contributed by atoms with Crippen LogP contribution in [0.2, 0.25) is 0 Å². The summed E-state index contributed by atoms with van der Waals surface area (Å²) in [5.74, 6) is -0.328. The molecule has 0 heterocycles. The molecule has 2 unspecified atom stereocenters. The van der Waals surface area contributed by atoms with Crippen LogP contribution in [0.4, 0.5) is 0 Å². The SMILES string of the molecule is CC(=O)OOC(C#N)(CCC(C)c1ccccc1)c1ccccc1. The van der Waals surface area contributed by atoms with E-state index >= 15 is 0 Å². The highest BCUT2D eigenvalue weighted by Crippen LogP contribution is 2.34. The second kappa shape index (κ2) is 8.28. The average Bonchev–Trinajstić information content (AvgIpc) is 2.63. The fraction of sp³-hybridized carbons (Fsp3) is 0.300. The van der Waals surface area contributed by atoms with E-state index in [-0.39, 0.29) is 5.92 Å². The van der Waals surface area contributed by atoms with Gasteiger partial charge in [-0.2, -0.15) is 10.1 Å². The summed E-state index contributed by atoms with van der Waals surface area (Å²) < 4.78 is 0. The summed E-state index contributed by atoms with van der Waals surface area (Å²) in [6.07, 6.45) is 1.13. The van der Waals surface area contributed by atoms with Crippen molar-refractivity contribution in [1.29, 1.82) is 5.26 Å². The van der Waals surface area contributed by atoms with Gasteiger partial charge in [0.1, 0.15) is 6.07 Å². The molecule has 24 heavy (non-hydrogen) atoms. The van der Waals surface area contributed by atoms with E-state index in [4.69, 9.17) is 9.78 Å². The predicted molar refractivity (Wildman–Crippen MR) is 90.7 cm³/mol. The summed E-state index contributed by atoms with van der Waals surface area (Å²) in [6.45, 7) is 3.36. The number of nitriles is 1. The molecule has 2 rings (SSSR count). The molecule has 0 aromatic heterocycles. The normalized spacial score (nSPS) is 14.2. The van der Waals surface area contributed by atoms with Crippen LogP contribution in [0.3, 0.4) is 0 Å². The first-order valence-corrected chi connectivity index (χ1v) is 7.95. The Balaban J connectivity index is 2.19. The van der Waals surface area contributed by atoms with E-state index in [0.29, 0.717) is 18.4 Å². The van der Waals surface area contributed by atoms with Gasteiger partial charge in [-0.15, -0.1) is 0 Å². The van der Waals surface area contributed by atoms with Crippen molar-refractivity contribution in [3.63, 3.8) is 0 Å². The topological polar surface area (TPSA) is 59.3 Å². The van der Waals surface area contributed by atoms with E-state index in [0.717, 1.165) is 0 Å². The number of hydrogen-bond acceptors (Lipinski definition) is 4. The molecule has 0 saturated carbocycles. The van der Waals surface area contributed by atoms with Gasteiger partial charge < -0.3 is 0 Å². The van der Waals surface area contributed by atoms with Crippen molar-refractivity contribution in [1.82, 2.24) is 0 Å². The number of nitrogens with zero attached hydrogens (tertiary/aromatic N) is 1. The highest BCUT2D eigenvalue weighted by molar-refractivity contribution is 5.65. The molecule has 4 nitrogen and oxygen atoms in total. The Labute approximate surface area is 142 Å². The van der Waals surface area contributed by atoms with Gasteiger partial charge in [-0.25, -0.2) is 4.79 Å². The monoisotopic (exact) mass is 323 g/mol.